The Kier molecular flexibility index (Phi) is 3.99. The van der Waals surface area contributed by atoms with Gasteiger partial charge >= 0.3 is 0 Å². The Hall–Kier alpha value is -3.13. The zero-order chi connectivity index (χ0) is 20.3. The predicted molar refractivity (Wildman–Crippen MR) is 108 cm³/mol. The number of aryl methyl sites for hydroxylation is 2. The zero-order valence-corrected chi connectivity index (χ0v) is 16.5. The number of rotatable bonds is 2. The van der Waals surface area contributed by atoms with Gasteiger partial charge in [0.05, 0.1) is 15.9 Å². The van der Waals surface area contributed by atoms with E-state index in [0.29, 0.717) is 22.2 Å². The molecule has 1 aliphatic rings. The van der Waals surface area contributed by atoms with Gasteiger partial charge in [-0.05, 0) is 43.2 Å². The van der Waals surface area contributed by atoms with Gasteiger partial charge in [-0.25, -0.2) is 13.8 Å². The van der Waals surface area contributed by atoms with Crippen molar-refractivity contribution in [2.75, 3.05) is 5.32 Å². The van der Waals surface area contributed by atoms with Crippen LogP contribution >= 0.6 is 11.3 Å². The number of thiazole rings is 1. The highest BCUT2D eigenvalue weighted by atomic mass is 32.1. The summed E-state index contributed by atoms with van der Waals surface area (Å²) in [7, 11) is 0. The van der Waals surface area contributed by atoms with Crippen LogP contribution in [0.1, 0.15) is 34.7 Å². The zero-order valence-electron chi connectivity index (χ0n) is 15.7. The van der Waals surface area contributed by atoms with Crippen molar-refractivity contribution in [1.29, 1.82) is 0 Å². The van der Waals surface area contributed by atoms with E-state index in [2.05, 4.69) is 15.4 Å². The molecule has 5 rings (SSSR count). The Morgan fingerprint density at radius 2 is 2.03 bits per heavy atom. The number of nitrogens with zero attached hydrogens (tertiary/aromatic N) is 3. The fourth-order valence-electron chi connectivity index (χ4n) is 3.85. The van der Waals surface area contributed by atoms with E-state index in [1.807, 2.05) is 25.1 Å². The number of benzene rings is 2. The monoisotopic (exact) mass is 410 g/mol. The molecule has 146 valence electrons. The number of aromatic nitrogens is 3. The Morgan fingerprint density at radius 1 is 1.21 bits per heavy atom. The normalized spacial score (nSPS) is 16.1. The summed E-state index contributed by atoms with van der Waals surface area (Å²) in [5.74, 6) is -2.28. The van der Waals surface area contributed by atoms with Crippen molar-refractivity contribution in [2.45, 2.75) is 26.2 Å². The molecule has 5 nitrogen and oxygen atoms in total. The summed E-state index contributed by atoms with van der Waals surface area (Å²) in [4.78, 5) is 17.1. The molecule has 0 bridgehead atoms. The van der Waals surface area contributed by atoms with Crippen molar-refractivity contribution in [1.82, 2.24) is 14.8 Å². The molecule has 0 radical (unpaired) electrons. The molecule has 0 aliphatic carbocycles. The highest BCUT2D eigenvalue weighted by molar-refractivity contribution is 7.20. The molecule has 0 unspecified atom stereocenters. The second-order valence-corrected chi connectivity index (χ2v) is 8.18. The Labute approximate surface area is 169 Å². The summed E-state index contributed by atoms with van der Waals surface area (Å²) in [5.41, 5.74) is 3.45. The van der Waals surface area contributed by atoms with Crippen LogP contribution in [-0.2, 0) is 4.79 Å². The third kappa shape index (κ3) is 2.82. The highest BCUT2D eigenvalue weighted by Crippen LogP contribution is 2.42. The first-order valence-corrected chi connectivity index (χ1v) is 9.95. The van der Waals surface area contributed by atoms with Crippen LogP contribution in [0.4, 0.5) is 14.6 Å². The number of carbonyl (C=O) groups excluding carboxylic acids is 1. The van der Waals surface area contributed by atoms with Crippen LogP contribution in [0.2, 0.25) is 0 Å². The molecule has 1 atom stereocenters. The summed E-state index contributed by atoms with van der Waals surface area (Å²) >= 11 is 1.46. The topological polar surface area (TPSA) is 59.8 Å². The van der Waals surface area contributed by atoms with Crippen LogP contribution < -0.4 is 5.32 Å². The molecule has 0 saturated carbocycles. The largest absolute Gasteiger partial charge is 0.310 e. The van der Waals surface area contributed by atoms with E-state index in [4.69, 9.17) is 0 Å². The predicted octanol–water partition coefficient (Wildman–Crippen LogP) is 4.85. The maximum atomic E-state index is 14.5. The molecular weight excluding hydrogens is 394 g/mol. The quantitative estimate of drug-likeness (QED) is 0.514. The number of hydrogen-bond donors (Lipinski definition) is 1. The van der Waals surface area contributed by atoms with Gasteiger partial charge in [0.25, 0.3) is 0 Å². The molecule has 1 N–H and O–H groups in total. The van der Waals surface area contributed by atoms with Crippen molar-refractivity contribution in [3.8, 4) is 5.13 Å². The molecule has 29 heavy (non-hydrogen) atoms. The Balaban J connectivity index is 1.69. The lowest BCUT2D eigenvalue weighted by molar-refractivity contribution is -0.116. The average molecular weight is 410 g/mol. The van der Waals surface area contributed by atoms with Crippen LogP contribution in [0.15, 0.2) is 36.4 Å². The van der Waals surface area contributed by atoms with Crippen LogP contribution in [0.3, 0.4) is 0 Å². The SMILES string of the molecule is Cc1ccc2nc(-n3nc(C)c4c3NC(=O)C[C@@H]4c3cccc(F)c3F)sc2c1. The minimum atomic E-state index is -0.930. The first-order chi connectivity index (χ1) is 13.9. The van der Waals surface area contributed by atoms with Gasteiger partial charge in [0, 0.05) is 17.9 Å². The van der Waals surface area contributed by atoms with Gasteiger partial charge < -0.3 is 5.32 Å². The van der Waals surface area contributed by atoms with Gasteiger partial charge in [-0.2, -0.15) is 9.78 Å². The summed E-state index contributed by atoms with van der Waals surface area (Å²) in [6.07, 6.45) is 0.0267. The van der Waals surface area contributed by atoms with Crippen molar-refractivity contribution in [3.63, 3.8) is 0 Å². The van der Waals surface area contributed by atoms with E-state index in [0.717, 1.165) is 21.8 Å². The van der Waals surface area contributed by atoms with E-state index < -0.39 is 17.6 Å². The van der Waals surface area contributed by atoms with Gasteiger partial charge in [-0.1, -0.05) is 29.5 Å². The second-order valence-electron chi connectivity index (χ2n) is 7.18. The molecule has 1 amide bonds. The smallest absolute Gasteiger partial charge is 0.226 e. The molecule has 3 heterocycles. The van der Waals surface area contributed by atoms with Crippen LogP contribution in [0.5, 0.6) is 0 Å². The van der Waals surface area contributed by atoms with Crippen LogP contribution in [0.25, 0.3) is 15.3 Å². The van der Waals surface area contributed by atoms with Crippen LogP contribution in [0, 0.1) is 25.5 Å². The number of nitrogens with one attached hydrogen (secondary N) is 1. The van der Waals surface area contributed by atoms with Gasteiger partial charge in [0.2, 0.25) is 11.0 Å². The molecule has 1 aliphatic heterocycles. The molecular formula is C21H16F2N4OS. The van der Waals surface area contributed by atoms with E-state index in [1.165, 1.54) is 23.5 Å². The fourth-order valence-corrected chi connectivity index (χ4v) is 4.87. The van der Waals surface area contributed by atoms with E-state index >= 15 is 0 Å². The van der Waals surface area contributed by atoms with Gasteiger partial charge in [-0.15, -0.1) is 0 Å². The minimum absolute atomic E-state index is 0.0267. The maximum absolute atomic E-state index is 14.5. The summed E-state index contributed by atoms with van der Waals surface area (Å²) < 4.78 is 30.9. The Morgan fingerprint density at radius 3 is 2.86 bits per heavy atom. The van der Waals surface area contributed by atoms with Crippen molar-refractivity contribution in [2.24, 2.45) is 0 Å². The van der Waals surface area contributed by atoms with Gasteiger partial charge in [0.15, 0.2) is 11.6 Å². The summed E-state index contributed by atoms with van der Waals surface area (Å²) in [5, 5.41) is 8.03. The summed E-state index contributed by atoms with van der Waals surface area (Å²) in [6, 6.07) is 10.0. The lowest BCUT2D eigenvalue weighted by atomic mass is 9.85. The number of halogens is 2. The van der Waals surface area contributed by atoms with Crippen molar-refractivity contribution >= 4 is 33.3 Å². The maximum Gasteiger partial charge on any atom is 0.226 e. The van der Waals surface area contributed by atoms with Gasteiger partial charge in [-0.3, -0.25) is 4.79 Å². The summed E-state index contributed by atoms with van der Waals surface area (Å²) in [6.45, 7) is 3.81. The Bertz CT molecular complexity index is 1290. The average Bonchev–Trinajstić information content (AvgIpc) is 3.24. The third-order valence-corrected chi connectivity index (χ3v) is 6.17. The molecule has 2 aromatic carbocycles. The third-order valence-electron chi connectivity index (χ3n) is 5.17. The van der Waals surface area contributed by atoms with Gasteiger partial charge in [0.1, 0.15) is 5.82 Å². The molecule has 0 fully saturated rings. The highest BCUT2D eigenvalue weighted by Gasteiger charge is 2.35. The van der Waals surface area contributed by atoms with E-state index in [-0.39, 0.29) is 17.9 Å². The van der Waals surface area contributed by atoms with E-state index in [9.17, 15) is 13.6 Å². The minimum Gasteiger partial charge on any atom is -0.310 e. The molecule has 0 spiro atoms. The van der Waals surface area contributed by atoms with Crippen LogP contribution in [-0.4, -0.2) is 20.7 Å². The first kappa shape index (κ1) is 17.9. The molecule has 8 heteroatoms. The lowest BCUT2D eigenvalue weighted by Crippen LogP contribution is -2.25. The standard InChI is InChI=1S/C21H16F2N4OS/c1-10-6-7-15-16(8-10)29-21(24-15)27-20-18(11(2)26-27)13(9-17(28)25-20)12-4-3-5-14(22)19(12)23/h3-8,13H,9H2,1-2H3,(H,25,28)/t13-/m1/s1. The first-order valence-electron chi connectivity index (χ1n) is 9.13. The van der Waals surface area contributed by atoms with E-state index in [1.54, 1.807) is 11.6 Å². The van der Waals surface area contributed by atoms with Crippen molar-refractivity contribution < 1.29 is 13.6 Å². The fraction of sp³-hybridized carbons (Fsp3) is 0.190. The number of hydrogen-bond acceptors (Lipinski definition) is 4. The second kappa shape index (κ2) is 6.45. The lowest BCUT2D eigenvalue weighted by Gasteiger charge is -2.24. The number of amides is 1. The van der Waals surface area contributed by atoms with Crippen molar-refractivity contribution in [3.05, 3.63) is 70.4 Å². The molecule has 0 saturated heterocycles. The number of fused-ring (bicyclic) bond motifs is 2. The number of anilines is 1. The molecule has 4 aromatic rings. The number of carbonyl (C=O) groups is 1. The molecule has 2 aromatic heterocycles.